The number of furan rings is 1. The lowest BCUT2D eigenvalue weighted by Gasteiger charge is -2.27. The molecule has 7 heteroatoms. The second-order valence-corrected chi connectivity index (χ2v) is 7.79. The molecule has 0 atom stereocenters. The maximum atomic E-state index is 13.6. The van der Waals surface area contributed by atoms with E-state index in [2.05, 4.69) is 11.1 Å². The molecule has 3 aromatic rings. The van der Waals surface area contributed by atoms with Crippen LogP contribution in [0.25, 0.3) is 5.69 Å². The first kappa shape index (κ1) is 19.5. The van der Waals surface area contributed by atoms with Crippen LogP contribution in [0.4, 0.5) is 4.39 Å². The fourth-order valence-electron chi connectivity index (χ4n) is 3.40. The summed E-state index contributed by atoms with van der Waals surface area (Å²) in [5.74, 6) is 0.700. The Hall–Kier alpha value is -2.80. The summed E-state index contributed by atoms with van der Waals surface area (Å²) in [6.45, 7) is 0.427. The fourth-order valence-corrected chi connectivity index (χ4v) is 4.25. The van der Waals surface area contributed by atoms with Gasteiger partial charge in [-0.15, -0.1) is 0 Å². The first-order chi connectivity index (χ1) is 14.2. The summed E-state index contributed by atoms with van der Waals surface area (Å²) < 4.78 is 20.8. The Kier molecular flexibility index (Phi) is 6.14. The third-order valence-corrected chi connectivity index (χ3v) is 5.78. The number of carbonyl (C=O) groups is 1. The summed E-state index contributed by atoms with van der Waals surface area (Å²) in [6, 6.07) is 10.0. The van der Waals surface area contributed by atoms with E-state index in [1.165, 1.54) is 23.9 Å². The molecule has 0 saturated heterocycles. The van der Waals surface area contributed by atoms with E-state index in [0.29, 0.717) is 17.4 Å². The molecule has 5 nitrogen and oxygen atoms in total. The molecule has 150 valence electrons. The Morgan fingerprint density at radius 1 is 1.28 bits per heavy atom. The van der Waals surface area contributed by atoms with Crippen molar-refractivity contribution in [1.29, 1.82) is 0 Å². The Balaban J connectivity index is 1.48. The van der Waals surface area contributed by atoms with Crippen LogP contribution in [-0.2, 0) is 11.3 Å². The van der Waals surface area contributed by atoms with Crippen LogP contribution in [0.15, 0.2) is 76.4 Å². The highest BCUT2D eigenvalue weighted by Crippen LogP contribution is 2.26. The zero-order chi connectivity index (χ0) is 20.1. The molecule has 1 amide bonds. The molecule has 4 rings (SSSR count). The molecule has 0 spiro atoms. The minimum Gasteiger partial charge on any atom is -0.467 e. The number of carbonyl (C=O) groups excluding carboxylic acids is 1. The largest absolute Gasteiger partial charge is 0.467 e. The molecule has 2 heterocycles. The number of thioether (sulfide) groups is 1. The third kappa shape index (κ3) is 4.79. The zero-order valence-corrected chi connectivity index (χ0v) is 16.8. The number of aromatic nitrogens is 2. The van der Waals surface area contributed by atoms with Gasteiger partial charge in [-0.2, -0.15) is 0 Å². The van der Waals surface area contributed by atoms with Gasteiger partial charge in [-0.3, -0.25) is 9.36 Å². The summed E-state index contributed by atoms with van der Waals surface area (Å²) in [5, 5.41) is 0.652. The Morgan fingerprint density at radius 3 is 2.97 bits per heavy atom. The standard InChI is InChI=1S/C22H22FN3O2S/c23-17-6-4-9-19(14-17)25-12-11-24-22(25)29-16-21(27)26(15-20-10-5-13-28-20)18-7-2-1-3-8-18/h4-7,9-14H,1-3,8,15-16H2. The number of benzene rings is 1. The molecule has 1 aliphatic carbocycles. The second kappa shape index (κ2) is 9.13. The van der Waals surface area contributed by atoms with Crippen molar-refractivity contribution >= 4 is 17.7 Å². The zero-order valence-electron chi connectivity index (χ0n) is 16.0. The molecule has 1 aliphatic rings. The van der Waals surface area contributed by atoms with Crippen LogP contribution in [-0.4, -0.2) is 26.1 Å². The SMILES string of the molecule is O=C(CSc1nccn1-c1cccc(F)c1)N(Cc1ccco1)C1=CCCCC1. The predicted octanol–water partition coefficient (Wildman–Crippen LogP) is 5.18. The van der Waals surface area contributed by atoms with E-state index in [0.717, 1.165) is 37.1 Å². The van der Waals surface area contributed by atoms with Gasteiger partial charge in [-0.25, -0.2) is 9.37 Å². The van der Waals surface area contributed by atoms with Gasteiger partial charge in [0.25, 0.3) is 0 Å². The molecule has 0 radical (unpaired) electrons. The first-order valence-electron chi connectivity index (χ1n) is 9.64. The summed E-state index contributed by atoms with van der Waals surface area (Å²) in [4.78, 5) is 19.3. The quantitative estimate of drug-likeness (QED) is 0.503. The average Bonchev–Trinajstić information content (AvgIpc) is 3.43. The first-order valence-corrected chi connectivity index (χ1v) is 10.6. The van der Waals surface area contributed by atoms with Crippen molar-refractivity contribution in [3.8, 4) is 5.69 Å². The monoisotopic (exact) mass is 411 g/mol. The topological polar surface area (TPSA) is 51.3 Å². The van der Waals surface area contributed by atoms with Gasteiger partial charge in [-0.05, 0) is 56.0 Å². The van der Waals surface area contributed by atoms with E-state index < -0.39 is 0 Å². The lowest BCUT2D eigenvalue weighted by atomic mass is 10.0. The van der Waals surface area contributed by atoms with Gasteiger partial charge in [0.1, 0.15) is 11.6 Å². The van der Waals surface area contributed by atoms with Crippen LogP contribution < -0.4 is 0 Å². The van der Waals surface area contributed by atoms with E-state index >= 15 is 0 Å². The predicted molar refractivity (Wildman–Crippen MR) is 110 cm³/mol. The average molecular weight is 412 g/mol. The minimum absolute atomic E-state index is 0.00772. The third-order valence-electron chi connectivity index (χ3n) is 4.83. The molecule has 1 aromatic carbocycles. The molecular weight excluding hydrogens is 389 g/mol. The Bertz CT molecular complexity index is 997. The molecule has 0 bridgehead atoms. The van der Waals surface area contributed by atoms with E-state index in [1.807, 2.05) is 23.1 Å². The van der Waals surface area contributed by atoms with Gasteiger partial charge in [-0.1, -0.05) is 23.9 Å². The maximum absolute atomic E-state index is 13.6. The molecule has 29 heavy (non-hydrogen) atoms. The summed E-state index contributed by atoms with van der Waals surface area (Å²) in [5.41, 5.74) is 1.74. The molecule has 0 unspecified atom stereocenters. The van der Waals surface area contributed by atoms with Crippen LogP contribution in [0.1, 0.15) is 31.4 Å². The van der Waals surface area contributed by atoms with Crippen molar-refractivity contribution in [3.05, 3.63) is 78.4 Å². The highest BCUT2D eigenvalue weighted by Gasteiger charge is 2.22. The normalized spacial score (nSPS) is 13.9. The van der Waals surface area contributed by atoms with E-state index in [1.54, 1.807) is 29.3 Å². The van der Waals surface area contributed by atoms with Gasteiger partial charge in [0.2, 0.25) is 5.91 Å². The van der Waals surface area contributed by atoms with Crippen LogP contribution >= 0.6 is 11.8 Å². The van der Waals surface area contributed by atoms with Crippen LogP contribution in [0.3, 0.4) is 0 Å². The van der Waals surface area contributed by atoms with Crippen molar-refractivity contribution < 1.29 is 13.6 Å². The molecule has 0 saturated carbocycles. The number of nitrogens with zero attached hydrogens (tertiary/aromatic N) is 3. The summed E-state index contributed by atoms with van der Waals surface area (Å²) in [6.07, 6.45) is 11.3. The maximum Gasteiger partial charge on any atom is 0.237 e. The number of amides is 1. The van der Waals surface area contributed by atoms with Crippen LogP contribution in [0.5, 0.6) is 0 Å². The summed E-state index contributed by atoms with van der Waals surface area (Å²) >= 11 is 1.35. The lowest BCUT2D eigenvalue weighted by Crippen LogP contribution is -2.32. The van der Waals surface area contributed by atoms with Gasteiger partial charge >= 0.3 is 0 Å². The van der Waals surface area contributed by atoms with Crippen molar-refractivity contribution in [1.82, 2.24) is 14.5 Å². The molecule has 0 aliphatic heterocycles. The molecular formula is C22H22FN3O2S. The molecule has 0 fully saturated rings. The van der Waals surface area contributed by atoms with E-state index in [4.69, 9.17) is 4.42 Å². The van der Waals surface area contributed by atoms with Gasteiger partial charge in [0.15, 0.2) is 5.16 Å². The summed E-state index contributed by atoms with van der Waals surface area (Å²) in [7, 11) is 0. The fraction of sp³-hybridized carbons (Fsp3) is 0.273. The van der Waals surface area contributed by atoms with Crippen molar-refractivity contribution in [2.45, 2.75) is 37.4 Å². The van der Waals surface area contributed by atoms with Gasteiger partial charge < -0.3 is 9.32 Å². The Morgan fingerprint density at radius 2 is 2.21 bits per heavy atom. The number of hydrogen-bond donors (Lipinski definition) is 0. The van der Waals surface area contributed by atoms with E-state index in [-0.39, 0.29) is 17.5 Å². The van der Waals surface area contributed by atoms with E-state index in [9.17, 15) is 9.18 Å². The highest BCUT2D eigenvalue weighted by atomic mass is 32.2. The van der Waals surface area contributed by atoms with Gasteiger partial charge in [0.05, 0.1) is 24.2 Å². The number of hydrogen-bond acceptors (Lipinski definition) is 4. The number of rotatable bonds is 7. The lowest BCUT2D eigenvalue weighted by molar-refractivity contribution is -0.127. The Labute approximate surface area is 173 Å². The number of imidazole rings is 1. The van der Waals surface area contributed by atoms with Crippen LogP contribution in [0.2, 0.25) is 0 Å². The highest BCUT2D eigenvalue weighted by molar-refractivity contribution is 7.99. The van der Waals surface area contributed by atoms with Crippen molar-refractivity contribution in [2.24, 2.45) is 0 Å². The molecule has 2 aromatic heterocycles. The number of allylic oxidation sites excluding steroid dienone is 2. The smallest absolute Gasteiger partial charge is 0.237 e. The minimum atomic E-state index is -0.308. The number of halogens is 1. The van der Waals surface area contributed by atoms with Gasteiger partial charge in [0, 0.05) is 18.1 Å². The van der Waals surface area contributed by atoms with Crippen molar-refractivity contribution in [3.63, 3.8) is 0 Å². The van der Waals surface area contributed by atoms with Crippen molar-refractivity contribution in [2.75, 3.05) is 5.75 Å². The molecule has 0 N–H and O–H groups in total. The second-order valence-electron chi connectivity index (χ2n) is 6.85. The van der Waals surface area contributed by atoms with Crippen LogP contribution in [0, 0.1) is 5.82 Å².